The summed E-state index contributed by atoms with van der Waals surface area (Å²) in [4.78, 5) is 15.1. The molecule has 1 unspecified atom stereocenters. The maximum Gasteiger partial charge on any atom is 0.164 e. The van der Waals surface area contributed by atoms with Crippen LogP contribution in [0.4, 0.5) is 0 Å². The van der Waals surface area contributed by atoms with Crippen LogP contribution in [0.25, 0.3) is 89.2 Å². The lowest BCUT2D eigenvalue weighted by Gasteiger charge is -2.24. The Morgan fingerprint density at radius 2 is 1.14 bits per heavy atom. The quantitative estimate of drug-likeness (QED) is 0.170. The molecule has 59 heavy (non-hydrogen) atoms. The molecule has 0 bridgehead atoms. The summed E-state index contributed by atoms with van der Waals surface area (Å²) >= 11 is 0. The molecule has 11 rings (SSSR count). The lowest BCUT2D eigenvalue weighted by molar-refractivity contribution is 0.662. The van der Waals surface area contributed by atoms with Crippen molar-refractivity contribution in [3.63, 3.8) is 0 Å². The standard InChI is InChI=1S/C55H42N4/c1-35-15-12-18-40(33-35)54-57-52(37-16-6-4-7-17-37)56-53(58-54)38-29-27-36(28-30-38)42-22-14-26-49-50(42)46-34-39(31-32-48(46)59(49)41-19-8-5-9-20-41)43-23-13-24-45-44-21-10-11-25-47(44)55(2,3)51(43)45/h4-32,34-35H,33H2,1-3H3. The Morgan fingerprint density at radius 1 is 0.525 bits per heavy atom. The number of fused-ring (bicyclic) bond motifs is 6. The fourth-order valence-corrected chi connectivity index (χ4v) is 9.60. The number of allylic oxidation sites excluding steroid dienone is 4. The minimum absolute atomic E-state index is 0.119. The Labute approximate surface area is 344 Å². The number of rotatable bonds is 6. The highest BCUT2D eigenvalue weighted by atomic mass is 15.0. The number of para-hydroxylation sites is 1. The van der Waals surface area contributed by atoms with Crippen molar-refractivity contribution < 1.29 is 0 Å². The zero-order valence-corrected chi connectivity index (χ0v) is 33.4. The third kappa shape index (κ3) is 5.78. The summed E-state index contributed by atoms with van der Waals surface area (Å²) in [5.74, 6) is 2.52. The Kier molecular flexibility index (Phi) is 8.16. The van der Waals surface area contributed by atoms with Gasteiger partial charge in [-0.05, 0) is 92.8 Å². The van der Waals surface area contributed by atoms with Crippen LogP contribution in [0.15, 0.2) is 182 Å². The van der Waals surface area contributed by atoms with E-state index in [4.69, 9.17) is 15.0 Å². The van der Waals surface area contributed by atoms with E-state index in [1.807, 2.05) is 18.2 Å². The van der Waals surface area contributed by atoms with E-state index in [1.54, 1.807) is 0 Å². The monoisotopic (exact) mass is 758 g/mol. The maximum atomic E-state index is 5.08. The number of aromatic nitrogens is 4. The molecule has 7 aromatic carbocycles. The van der Waals surface area contributed by atoms with Crippen molar-refractivity contribution in [1.29, 1.82) is 0 Å². The molecule has 0 N–H and O–H groups in total. The molecule has 0 spiro atoms. The van der Waals surface area contributed by atoms with Crippen molar-refractivity contribution in [2.24, 2.45) is 5.92 Å². The summed E-state index contributed by atoms with van der Waals surface area (Å²) in [6, 6.07) is 59.2. The van der Waals surface area contributed by atoms with Gasteiger partial charge in [-0.1, -0.05) is 172 Å². The van der Waals surface area contributed by atoms with Gasteiger partial charge in [-0.3, -0.25) is 0 Å². The molecule has 9 aromatic rings. The predicted molar refractivity (Wildman–Crippen MR) is 244 cm³/mol. The van der Waals surface area contributed by atoms with Gasteiger partial charge in [0.1, 0.15) is 0 Å². The summed E-state index contributed by atoms with van der Waals surface area (Å²) in [6.45, 7) is 6.97. The Balaban J connectivity index is 1.07. The van der Waals surface area contributed by atoms with Crippen LogP contribution in [-0.2, 0) is 5.41 Å². The van der Waals surface area contributed by atoms with Gasteiger partial charge in [0.25, 0.3) is 0 Å². The normalized spacial score (nSPS) is 15.3. The second kappa shape index (κ2) is 13.7. The van der Waals surface area contributed by atoms with E-state index in [2.05, 4.69) is 189 Å². The van der Waals surface area contributed by atoms with E-state index >= 15 is 0 Å². The van der Waals surface area contributed by atoms with E-state index in [1.165, 1.54) is 60.8 Å². The van der Waals surface area contributed by atoms with Gasteiger partial charge in [-0.15, -0.1) is 0 Å². The fourth-order valence-electron chi connectivity index (χ4n) is 9.60. The third-order valence-corrected chi connectivity index (χ3v) is 12.4. The molecule has 282 valence electrons. The van der Waals surface area contributed by atoms with Gasteiger partial charge in [0, 0.05) is 33.0 Å². The van der Waals surface area contributed by atoms with Crippen molar-refractivity contribution in [3.05, 3.63) is 199 Å². The minimum Gasteiger partial charge on any atom is -0.309 e. The molecule has 2 heterocycles. The molecule has 2 aliphatic rings. The van der Waals surface area contributed by atoms with Crippen LogP contribution in [-0.4, -0.2) is 19.5 Å². The predicted octanol–water partition coefficient (Wildman–Crippen LogP) is 13.9. The minimum atomic E-state index is -0.119. The average Bonchev–Trinajstić information content (AvgIpc) is 3.75. The van der Waals surface area contributed by atoms with Crippen LogP contribution in [0, 0.1) is 5.92 Å². The highest BCUT2D eigenvalue weighted by Crippen LogP contribution is 2.52. The number of hydrogen-bond acceptors (Lipinski definition) is 3. The van der Waals surface area contributed by atoms with E-state index in [9.17, 15) is 0 Å². The Hall–Kier alpha value is -7.17. The summed E-state index contributed by atoms with van der Waals surface area (Å²) in [6.07, 6.45) is 7.39. The zero-order chi connectivity index (χ0) is 39.7. The molecule has 1 atom stereocenters. The van der Waals surface area contributed by atoms with Crippen LogP contribution in [0.2, 0.25) is 0 Å². The first-order chi connectivity index (χ1) is 28.9. The number of hydrogen-bond donors (Lipinski definition) is 0. The zero-order valence-electron chi connectivity index (χ0n) is 33.4. The van der Waals surface area contributed by atoms with E-state index in [0.717, 1.165) is 40.2 Å². The molecule has 2 aliphatic carbocycles. The van der Waals surface area contributed by atoms with Crippen LogP contribution in [0.5, 0.6) is 0 Å². The van der Waals surface area contributed by atoms with Crippen LogP contribution in [0.3, 0.4) is 0 Å². The summed E-state index contributed by atoms with van der Waals surface area (Å²) < 4.78 is 2.41. The highest BCUT2D eigenvalue weighted by Gasteiger charge is 2.37. The van der Waals surface area contributed by atoms with E-state index in [0.29, 0.717) is 17.6 Å². The molecule has 4 heteroatoms. The van der Waals surface area contributed by atoms with Gasteiger partial charge >= 0.3 is 0 Å². The first-order valence-corrected chi connectivity index (χ1v) is 20.6. The SMILES string of the molecule is CC1C=CC=C(c2nc(-c3ccccc3)nc(-c3ccc(-c4cccc5c4c4cc(-c6cccc7c6C(C)(C)c6ccccc6-7)ccc4n5-c4ccccc4)cc3)n2)C1. The van der Waals surface area contributed by atoms with Crippen molar-refractivity contribution >= 4 is 27.4 Å². The fraction of sp³-hybridized carbons (Fsp3) is 0.109. The lowest BCUT2D eigenvalue weighted by atomic mass is 9.79. The van der Waals surface area contributed by atoms with Crippen molar-refractivity contribution in [2.45, 2.75) is 32.6 Å². The van der Waals surface area contributed by atoms with Crippen LogP contribution < -0.4 is 0 Å². The van der Waals surface area contributed by atoms with Crippen LogP contribution >= 0.6 is 0 Å². The third-order valence-electron chi connectivity index (χ3n) is 12.4. The van der Waals surface area contributed by atoms with Crippen molar-refractivity contribution in [1.82, 2.24) is 19.5 Å². The van der Waals surface area contributed by atoms with Gasteiger partial charge in [-0.25, -0.2) is 15.0 Å². The molecule has 2 aromatic heterocycles. The summed E-state index contributed by atoms with van der Waals surface area (Å²) in [5.41, 5.74) is 16.7. The van der Waals surface area contributed by atoms with Gasteiger partial charge in [0.2, 0.25) is 0 Å². The number of nitrogens with zero attached hydrogens (tertiary/aromatic N) is 4. The molecule has 0 amide bonds. The van der Waals surface area contributed by atoms with E-state index in [-0.39, 0.29) is 5.41 Å². The second-order valence-corrected chi connectivity index (χ2v) is 16.5. The van der Waals surface area contributed by atoms with Gasteiger partial charge in [0.05, 0.1) is 11.0 Å². The Morgan fingerprint density at radius 3 is 1.92 bits per heavy atom. The largest absolute Gasteiger partial charge is 0.309 e. The molecular formula is C55H42N4. The summed E-state index contributed by atoms with van der Waals surface area (Å²) in [7, 11) is 0. The van der Waals surface area contributed by atoms with Gasteiger partial charge in [-0.2, -0.15) is 0 Å². The average molecular weight is 759 g/mol. The first-order valence-electron chi connectivity index (χ1n) is 20.6. The van der Waals surface area contributed by atoms with E-state index < -0.39 is 0 Å². The molecule has 0 saturated heterocycles. The summed E-state index contributed by atoms with van der Waals surface area (Å²) in [5, 5.41) is 2.46. The highest BCUT2D eigenvalue weighted by molar-refractivity contribution is 6.16. The van der Waals surface area contributed by atoms with Crippen molar-refractivity contribution in [2.75, 3.05) is 0 Å². The topological polar surface area (TPSA) is 43.6 Å². The molecular weight excluding hydrogens is 717 g/mol. The molecule has 0 fully saturated rings. The van der Waals surface area contributed by atoms with Crippen LogP contribution in [0.1, 0.15) is 44.1 Å². The maximum absolute atomic E-state index is 5.08. The first kappa shape index (κ1) is 35.0. The van der Waals surface area contributed by atoms with Crippen molar-refractivity contribution in [3.8, 4) is 61.8 Å². The molecule has 0 radical (unpaired) electrons. The van der Waals surface area contributed by atoms with Gasteiger partial charge < -0.3 is 4.57 Å². The molecule has 4 nitrogen and oxygen atoms in total. The van der Waals surface area contributed by atoms with Gasteiger partial charge in [0.15, 0.2) is 17.5 Å². The second-order valence-electron chi connectivity index (χ2n) is 16.5. The molecule has 0 saturated carbocycles. The lowest BCUT2D eigenvalue weighted by Crippen LogP contribution is -2.16. The Bertz CT molecular complexity index is 3150. The molecule has 0 aliphatic heterocycles. The smallest absolute Gasteiger partial charge is 0.164 e. The number of benzene rings is 7.